The standard InChI is InChI=1S/C30H58O6S4Si2/c1-9-27-19-17-25(21-27)23-29(27,41(31-11-3,32-12-4)33-13-5)37-39-40-38-30(24-26-18-20-28(30,10-2)22-26)42(34-14-6,35-15-7)36-16-8/h25-26H,9-24H2,1-8H3. The quantitative estimate of drug-likeness (QED) is 0.0658. The molecule has 0 aliphatic heterocycles. The van der Waals surface area contributed by atoms with Gasteiger partial charge in [0, 0.05) is 39.6 Å². The van der Waals surface area contributed by atoms with Gasteiger partial charge in [0.05, 0.1) is 0 Å². The Morgan fingerprint density at radius 3 is 1.05 bits per heavy atom. The Morgan fingerprint density at radius 1 is 0.500 bits per heavy atom. The van der Waals surface area contributed by atoms with Crippen LogP contribution in [0.2, 0.25) is 0 Å². The van der Waals surface area contributed by atoms with E-state index in [2.05, 4.69) is 55.4 Å². The third-order valence-corrected chi connectivity index (χ3v) is 28.9. The lowest BCUT2D eigenvalue weighted by Crippen LogP contribution is -2.69. The van der Waals surface area contributed by atoms with Crippen LogP contribution in [0, 0.1) is 22.7 Å². The summed E-state index contributed by atoms with van der Waals surface area (Å²) in [6.07, 6.45) is 12.3. The van der Waals surface area contributed by atoms with Crippen LogP contribution in [-0.4, -0.2) is 66.0 Å². The molecule has 0 aromatic carbocycles. The van der Waals surface area contributed by atoms with E-state index in [1.165, 1.54) is 38.5 Å². The normalized spacial score (nSPS) is 36.0. The summed E-state index contributed by atoms with van der Waals surface area (Å²) < 4.78 is 40.2. The van der Waals surface area contributed by atoms with Crippen molar-refractivity contribution in [1.29, 1.82) is 0 Å². The summed E-state index contributed by atoms with van der Waals surface area (Å²) in [7, 11) is 1.95. The molecular weight excluding hydrogens is 641 g/mol. The molecule has 4 saturated carbocycles. The molecule has 0 amide bonds. The highest BCUT2D eigenvalue weighted by atomic mass is 33.7. The van der Waals surface area contributed by atoms with E-state index < -0.39 is 17.6 Å². The maximum absolute atomic E-state index is 6.74. The average molecular weight is 699 g/mol. The number of hydrogen-bond acceptors (Lipinski definition) is 10. The molecule has 12 heteroatoms. The Bertz CT molecular complexity index is 776. The van der Waals surface area contributed by atoms with Crippen LogP contribution in [-0.2, 0) is 26.6 Å². The van der Waals surface area contributed by atoms with Crippen molar-refractivity contribution in [2.45, 2.75) is 128 Å². The summed E-state index contributed by atoms with van der Waals surface area (Å²) in [6, 6.07) is 0. The van der Waals surface area contributed by atoms with Crippen LogP contribution < -0.4 is 0 Å². The van der Waals surface area contributed by atoms with E-state index >= 15 is 0 Å². The van der Waals surface area contributed by atoms with E-state index in [9.17, 15) is 0 Å². The van der Waals surface area contributed by atoms with Crippen LogP contribution in [0.3, 0.4) is 0 Å². The summed E-state index contributed by atoms with van der Waals surface area (Å²) >= 11 is 0. The fourth-order valence-electron chi connectivity index (χ4n) is 9.50. The SMILES string of the molecule is CCO[Si](OCC)(OCC)C1(SSSSC2([Si](OCC)(OCC)OCC)CC3CCC2(CC)C3)CC2CCC1(CC)C2. The Hall–Kier alpha value is 1.59. The van der Waals surface area contributed by atoms with Crippen molar-refractivity contribution in [3.05, 3.63) is 0 Å². The van der Waals surface area contributed by atoms with Gasteiger partial charge in [-0.3, -0.25) is 0 Å². The fraction of sp³-hybridized carbons (Fsp3) is 1.00. The van der Waals surface area contributed by atoms with E-state index in [-0.39, 0.29) is 19.6 Å². The topological polar surface area (TPSA) is 55.4 Å². The van der Waals surface area contributed by atoms with Gasteiger partial charge in [-0.1, -0.05) is 35.4 Å². The first-order valence-electron chi connectivity index (χ1n) is 16.8. The molecule has 6 nitrogen and oxygen atoms in total. The van der Waals surface area contributed by atoms with Gasteiger partial charge in [0.2, 0.25) is 0 Å². The molecule has 6 unspecified atom stereocenters. The third-order valence-electron chi connectivity index (χ3n) is 11.0. The van der Waals surface area contributed by atoms with Crippen LogP contribution in [0.4, 0.5) is 0 Å². The minimum atomic E-state index is -3.02. The first-order chi connectivity index (χ1) is 20.3. The predicted molar refractivity (Wildman–Crippen MR) is 186 cm³/mol. The van der Waals surface area contributed by atoms with Gasteiger partial charge in [-0.2, -0.15) is 0 Å². The Balaban J connectivity index is 1.67. The minimum Gasteiger partial charge on any atom is -0.373 e. The first-order valence-corrected chi connectivity index (χ1v) is 25.1. The second kappa shape index (κ2) is 15.2. The smallest absolute Gasteiger partial charge is 0.373 e. The fourth-order valence-corrected chi connectivity index (χ4v) is 30.7. The average Bonchev–Trinajstić information content (AvgIpc) is 3.75. The molecular formula is C30H58O6S4Si2. The van der Waals surface area contributed by atoms with Gasteiger partial charge in [0.15, 0.2) is 0 Å². The molecule has 0 radical (unpaired) electrons. The molecule has 4 aliphatic rings. The van der Waals surface area contributed by atoms with Crippen LogP contribution >= 0.6 is 41.2 Å². The van der Waals surface area contributed by atoms with Crippen molar-refractivity contribution in [2.24, 2.45) is 22.7 Å². The highest BCUT2D eigenvalue weighted by Crippen LogP contribution is 2.76. The predicted octanol–water partition coefficient (Wildman–Crippen LogP) is 9.52. The molecule has 0 spiro atoms. The Kier molecular flexibility index (Phi) is 13.2. The molecule has 0 saturated heterocycles. The van der Waals surface area contributed by atoms with E-state index in [0.717, 1.165) is 37.5 Å². The summed E-state index contributed by atoms with van der Waals surface area (Å²) in [4.78, 5) is 0. The van der Waals surface area contributed by atoms with Gasteiger partial charge in [-0.15, -0.1) is 0 Å². The highest BCUT2D eigenvalue weighted by molar-refractivity contribution is 9.26. The summed E-state index contributed by atoms with van der Waals surface area (Å²) in [5.74, 6) is 1.47. The highest BCUT2D eigenvalue weighted by Gasteiger charge is 2.77. The largest absolute Gasteiger partial charge is 0.519 e. The maximum Gasteiger partial charge on any atom is 0.519 e. The molecule has 4 aliphatic carbocycles. The van der Waals surface area contributed by atoms with Gasteiger partial charge < -0.3 is 26.6 Å². The molecule has 6 atom stereocenters. The molecule has 4 rings (SSSR count). The molecule has 4 fully saturated rings. The number of hydrogen-bond donors (Lipinski definition) is 0. The lowest BCUT2D eigenvalue weighted by atomic mass is 9.80. The second-order valence-corrected chi connectivity index (χ2v) is 25.2. The van der Waals surface area contributed by atoms with Gasteiger partial charge in [-0.25, -0.2) is 0 Å². The zero-order chi connectivity index (χ0) is 30.5. The lowest BCUT2D eigenvalue weighted by Gasteiger charge is -2.53. The van der Waals surface area contributed by atoms with Crippen molar-refractivity contribution in [3.8, 4) is 0 Å². The van der Waals surface area contributed by atoms with Crippen molar-refractivity contribution in [1.82, 2.24) is 0 Å². The molecule has 246 valence electrons. The summed E-state index contributed by atoms with van der Waals surface area (Å²) in [5, 5.41) is 0. The van der Waals surface area contributed by atoms with E-state index in [0.29, 0.717) is 39.6 Å². The molecule has 0 N–H and O–H groups in total. The van der Waals surface area contributed by atoms with E-state index in [1.807, 2.05) is 41.2 Å². The molecule has 0 aromatic rings. The molecule has 42 heavy (non-hydrogen) atoms. The second-order valence-electron chi connectivity index (χ2n) is 12.6. The lowest BCUT2D eigenvalue weighted by molar-refractivity contribution is 0.0347. The van der Waals surface area contributed by atoms with Gasteiger partial charge in [-0.05, 0) is 148 Å². The number of rotatable bonds is 21. The maximum atomic E-state index is 6.74. The first kappa shape index (κ1) is 36.4. The van der Waals surface area contributed by atoms with Crippen molar-refractivity contribution >= 4 is 58.8 Å². The number of fused-ring (bicyclic) bond motifs is 4. The Labute approximate surface area is 274 Å². The summed E-state index contributed by atoms with van der Waals surface area (Å²) in [5.41, 5.74) is 0.392. The van der Waals surface area contributed by atoms with E-state index in [1.54, 1.807) is 0 Å². The molecule has 0 heterocycles. The van der Waals surface area contributed by atoms with Gasteiger partial charge in [0.25, 0.3) is 0 Å². The molecule has 4 bridgehead atoms. The van der Waals surface area contributed by atoms with Crippen LogP contribution in [0.15, 0.2) is 0 Å². The van der Waals surface area contributed by atoms with Crippen molar-refractivity contribution in [3.63, 3.8) is 0 Å². The zero-order valence-corrected chi connectivity index (χ0v) is 32.8. The van der Waals surface area contributed by atoms with Crippen LogP contribution in [0.1, 0.15) is 120 Å². The van der Waals surface area contributed by atoms with Gasteiger partial charge in [0.1, 0.15) is 8.74 Å². The minimum absolute atomic E-state index is 0.142. The van der Waals surface area contributed by atoms with Crippen LogP contribution in [0.5, 0.6) is 0 Å². The third kappa shape index (κ3) is 5.81. The zero-order valence-electron chi connectivity index (χ0n) is 27.6. The molecule has 0 aromatic heterocycles. The Morgan fingerprint density at radius 2 is 0.810 bits per heavy atom. The van der Waals surface area contributed by atoms with Crippen LogP contribution in [0.25, 0.3) is 0 Å². The van der Waals surface area contributed by atoms with Gasteiger partial charge >= 0.3 is 17.6 Å². The van der Waals surface area contributed by atoms with Crippen molar-refractivity contribution < 1.29 is 26.6 Å². The summed E-state index contributed by atoms with van der Waals surface area (Å²) in [6.45, 7) is 21.1. The van der Waals surface area contributed by atoms with Crippen molar-refractivity contribution in [2.75, 3.05) is 39.6 Å². The monoisotopic (exact) mass is 698 g/mol. The van der Waals surface area contributed by atoms with E-state index in [4.69, 9.17) is 26.6 Å².